The van der Waals surface area contributed by atoms with Gasteiger partial charge in [-0.05, 0) is 48.9 Å². The van der Waals surface area contributed by atoms with Crippen molar-refractivity contribution in [2.24, 2.45) is 0 Å². The summed E-state index contributed by atoms with van der Waals surface area (Å²) in [4.78, 5) is 17.2. The van der Waals surface area contributed by atoms with Crippen LogP contribution < -0.4 is 4.90 Å². The third-order valence-electron chi connectivity index (χ3n) is 6.10. The maximum absolute atomic E-state index is 13.4. The Morgan fingerprint density at radius 3 is 2.38 bits per heavy atom. The number of hydrogen-bond acceptors (Lipinski definition) is 5. The van der Waals surface area contributed by atoms with Crippen molar-refractivity contribution < 1.29 is 9.18 Å². The highest BCUT2D eigenvalue weighted by molar-refractivity contribution is 8.00. The molecule has 172 valence electrons. The molecular weight excluding hydrogens is 447 g/mol. The molecule has 5 rings (SSSR count). The zero-order valence-corrected chi connectivity index (χ0v) is 19.8. The predicted octanol–water partition coefficient (Wildman–Crippen LogP) is 5.19. The second kappa shape index (κ2) is 9.81. The molecule has 5 nitrogen and oxygen atoms in total. The first-order valence-electron chi connectivity index (χ1n) is 11.3. The standard InChI is InChI=1S/C27H25FN4OS/c1-19-5-4-6-22(17-19)31-13-15-32(16-14-31)25(33)18-34-27-24-8-3-2-7-23(24)26(29-30-27)20-9-11-21(28)12-10-20/h2-12,17H,13-16,18H2,1H3. The van der Waals surface area contributed by atoms with E-state index in [9.17, 15) is 9.18 Å². The minimum absolute atomic E-state index is 0.113. The molecule has 0 N–H and O–H groups in total. The number of carbonyl (C=O) groups is 1. The molecule has 34 heavy (non-hydrogen) atoms. The van der Waals surface area contributed by atoms with E-state index in [1.54, 1.807) is 12.1 Å². The molecule has 0 spiro atoms. The van der Waals surface area contributed by atoms with E-state index in [0.717, 1.165) is 34.5 Å². The van der Waals surface area contributed by atoms with Gasteiger partial charge in [0.15, 0.2) is 0 Å². The number of amides is 1. The summed E-state index contributed by atoms with van der Waals surface area (Å²) in [5.74, 6) is 0.146. The maximum atomic E-state index is 13.4. The van der Waals surface area contributed by atoms with Gasteiger partial charge in [-0.1, -0.05) is 48.2 Å². The van der Waals surface area contributed by atoms with Crippen molar-refractivity contribution in [3.05, 3.63) is 84.2 Å². The third kappa shape index (κ3) is 4.75. The van der Waals surface area contributed by atoms with E-state index < -0.39 is 0 Å². The summed E-state index contributed by atoms with van der Waals surface area (Å²) >= 11 is 1.42. The molecule has 0 radical (unpaired) electrons. The number of fused-ring (bicyclic) bond motifs is 1. The number of nitrogens with zero attached hydrogens (tertiary/aromatic N) is 4. The topological polar surface area (TPSA) is 49.3 Å². The van der Waals surface area contributed by atoms with Gasteiger partial charge in [0.1, 0.15) is 16.5 Å². The predicted molar refractivity (Wildman–Crippen MR) is 136 cm³/mol. The van der Waals surface area contributed by atoms with Crippen LogP contribution in [0.4, 0.5) is 10.1 Å². The Balaban J connectivity index is 1.26. The molecule has 1 saturated heterocycles. The van der Waals surface area contributed by atoms with Gasteiger partial charge in [-0.15, -0.1) is 10.2 Å². The van der Waals surface area contributed by atoms with Crippen LogP contribution in [0.1, 0.15) is 5.56 Å². The lowest BCUT2D eigenvalue weighted by Crippen LogP contribution is -2.49. The molecule has 0 bridgehead atoms. The molecule has 1 amide bonds. The Hall–Kier alpha value is -3.45. The number of aromatic nitrogens is 2. The van der Waals surface area contributed by atoms with Crippen LogP contribution in [-0.4, -0.2) is 52.9 Å². The average molecular weight is 473 g/mol. The van der Waals surface area contributed by atoms with Crippen molar-refractivity contribution >= 4 is 34.1 Å². The molecule has 0 aliphatic carbocycles. The van der Waals surface area contributed by atoms with Gasteiger partial charge in [-0.3, -0.25) is 4.79 Å². The minimum Gasteiger partial charge on any atom is -0.368 e. The average Bonchev–Trinajstić information content (AvgIpc) is 2.88. The van der Waals surface area contributed by atoms with Crippen LogP contribution in [0.25, 0.3) is 22.0 Å². The lowest BCUT2D eigenvalue weighted by atomic mass is 10.1. The number of thioether (sulfide) groups is 1. The Morgan fingerprint density at radius 1 is 0.912 bits per heavy atom. The highest BCUT2D eigenvalue weighted by Crippen LogP contribution is 2.32. The Labute approximate surface area is 202 Å². The van der Waals surface area contributed by atoms with Crippen molar-refractivity contribution in [1.29, 1.82) is 0 Å². The Bertz CT molecular complexity index is 1320. The second-order valence-corrected chi connectivity index (χ2v) is 9.37. The minimum atomic E-state index is -0.286. The van der Waals surface area contributed by atoms with Crippen LogP contribution in [-0.2, 0) is 4.79 Å². The van der Waals surface area contributed by atoms with E-state index in [1.165, 1.54) is 35.1 Å². The number of rotatable bonds is 5. The molecule has 0 saturated carbocycles. The van der Waals surface area contributed by atoms with Crippen LogP contribution in [0, 0.1) is 12.7 Å². The van der Waals surface area contributed by atoms with Gasteiger partial charge in [0.25, 0.3) is 0 Å². The van der Waals surface area contributed by atoms with Gasteiger partial charge >= 0.3 is 0 Å². The molecular formula is C27H25FN4OS. The van der Waals surface area contributed by atoms with Crippen molar-refractivity contribution in [2.45, 2.75) is 11.9 Å². The molecule has 7 heteroatoms. The summed E-state index contributed by atoms with van der Waals surface area (Å²) in [6.45, 7) is 5.18. The highest BCUT2D eigenvalue weighted by Gasteiger charge is 2.22. The fraction of sp³-hybridized carbons (Fsp3) is 0.222. The molecule has 2 heterocycles. The number of aryl methyl sites for hydroxylation is 1. The summed E-state index contributed by atoms with van der Waals surface area (Å²) in [5.41, 5.74) is 3.97. The smallest absolute Gasteiger partial charge is 0.233 e. The normalized spacial score (nSPS) is 13.9. The van der Waals surface area contributed by atoms with Gasteiger partial charge in [0, 0.05) is 48.2 Å². The molecule has 0 atom stereocenters. The molecule has 1 aliphatic rings. The van der Waals surface area contributed by atoms with Gasteiger partial charge in [-0.25, -0.2) is 4.39 Å². The largest absolute Gasteiger partial charge is 0.368 e. The molecule has 1 fully saturated rings. The number of anilines is 1. The first kappa shape index (κ1) is 22.3. The molecule has 0 unspecified atom stereocenters. The summed E-state index contributed by atoms with van der Waals surface area (Å²) in [5, 5.41) is 11.5. The van der Waals surface area contributed by atoms with Gasteiger partial charge in [0.2, 0.25) is 5.91 Å². The molecule has 1 aliphatic heterocycles. The van der Waals surface area contributed by atoms with E-state index in [1.807, 2.05) is 29.2 Å². The fourth-order valence-corrected chi connectivity index (χ4v) is 5.14. The monoisotopic (exact) mass is 472 g/mol. The summed E-state index contributed by atoms with van der Waals surface area (Å²) in [7, 11) is 0. The van der Waals surface area contributed by atoms with E-state index in [0.29, 0.717) is 24.5 Å². The maximum Gasteiger partial charge on any atom is 0.233 e. The zero-order valence-electron chi connectivity index (χ0n) is 18.9. The number of piperazine rings is 1. The molecule has 1 aromatic heterocycles. The van der Waals surface area contributed by atoms with Crippen LogP contribution in [0.5, 0.6) is 0 Å². The van der Waals surface area contributed by atoms with Crippen LogP contribution in [0.15, 0.2) is 77.8 Å². The summed E-state index contributed by atoms with van der Waals surface area (Å²) < 4.78 is 13.4. The first-order valence-corrected chi connectivity index (χ1v) is 12.3. The summed E-state index contributed by atoms with van der Waals surface area (Å²) in [6.07, 6.45) is 0. The van der Waals surface area contributed by atoms with Gasteiger partial charge < -0.3 is 9.80 Å². The van der Waals surface area contributed by atoms with Crippen LogP contribution in [0.2, 0.25) is 0 Å². The number of hydrogen-bond donors (Lipinski definition) is 0. The van der Waals surface area contributed by atoms with E-state index in [2.05, 4.69) is 46.3 Å². The number of carbonyl (C=O) groups excluding carboxylic acids is 1. The zero-order chi connectivity index (χ0) is 23.5. The number of halogens is 1. The van der Waals surface area contributed by atoms with Crippen molar-refractivity contribution in [3.8, 4) is 11.3 Å². The highest BCUT2D eigenvalue weighted by atomic mass is 32.2. The summed E-state index contributed by atoms with van der Waals surface area (Å²) in [6, 6.07) is 22.6. The van der Waals surface area contributed by atoms with Gasteiger partial charge in [0.05, 0.1) is 5.75 Å². The van der Waals surface area contributed by atoms with Crippen LogP contribution >= 0.6 is 11.8 Å². The lowest BCUT2D eigenvalue weighted by molar-refractivity contribution is -0.128. The SMILES string of the molecule is Cc1cccc(N2CCN(C(=O)CSc3nnc(-c4ccc(F)cc4)c4ccccc34)CC2)c1. The van der Waals surface area contributed by atoms with Crippen molar-refractivity contribution in [3.63, 3.8) is 0 Å². The lowest BCUT2D eigenvalue weighted by Gasteiger charge is -2.36. The van der Waals surface area contributed by atoms with E-state index in [4.69, 9.17) is 0 Å². The Morgan fingerprint density at radius 2 is 1.65 bits per heavy atom. The second-order valence-electron chi connectivity index (χ2n) is 8.40. The molecule has 3 aromatic carbocycles. The fourth-order valence-electron chi connectivity index (χ4n) is 4.27. The molecule has 4 aromatic rings. The van der Waals surface area contributed by atoms with Crippen LogP contribution in [0.3, 0.4) is 0 Å². The number of benzene rings is 3. The van der Waals surface area contributed by atoms with Crippen molar-refractivity contribution in [2.75, 3.05) is 36.8 Å². The Kier molecular flexibility index (Phi) is 6.45. The first-order chi connectivity index (χ1) is 16.6. The van der Waals surface area contributed by atoms with Crippen molar-refractivity contribution in [1.82, 2.24) is 15.1 Å². The van der Waals surface area contributed by atoms with Gasteiger partial charge in [-0.2, -0.15) is 0 Å². The van der Waals surface area contributed by atoms with E-state index in [-0.39, 0.29) is 11.7 Å². The third-order valence-corrected chi connectivity index (χ3v) is 7.07. The van der Waals surface area contributed by atoms with E-state index >= 15 is 0 Å². The quantitative estimate of drug-likeness (QED) is 0.375.